The van der Waals surface area contributed by atoms with Crippen LogP contribution in [0.1, 0.15) is 48.4 Å². The van der Waals surface area contributed by atoms with Gasteiger partial charge >= 0.3 is 0 Å². The molecule has 1 fully saturated rings. The molecule has 2 heterocycles. The molecule has 3 rings (SSSR count). The van der Waals surface area contributed by atoms with Gasteiger partial charge in [-0.2, -0.15) is 0 Å². The Morgan fingerprint density at radius 3 is 2.72 bits per heavy atom. The van der Waals surface area contributed by atoms with E-state index in [4.69, 9.17) is 4.52 Å². The van der Waals surface area contributed by atoms with Crippen LogP contribution in [-0.2, 0) is 12.0 Å². The van der Waals surface area contributed by atoms with Gasteiger partial charge < -0.3 is 15.2 Å². The topological polar surface area (TPSA) is 62.5 Å². The minimum atomic E-state index is 0. The summed E-state index contributed by atoms with van der Waals surface area (Å²) in [5, 5.41) is 12.9. The molecule has 0 unspecified atom stereocenters. The number of nitrogens with one attached hydrogen (secondary N) is 2. The van der Waals surface area contributed by atoms with Gasteiger partial charge in [0.2, 0.25) is 0 Å². The Labute approximate surface area is 170 Å². The van der Waals surface area contributed by atoms with Crippen molar-refractivity contribution in [3.8, 4) is 0 Å². The van der Waals surface area contributed by atoms with Crippen LogP contribution in [0.3, 0.4) is 0 Å². The van der Waals surface area contributed by atoms with Crippen LogP contribution in [0.25, 0.3) is 0 Å². The van der Waals surface area contributed by atoms with Gasteiger partial charge in [-0.1, -0.05) is 30.5 Å². The monoisotopic (exact) mass is 474 g/mol. The maximum absolute atomic E-state index is 5.24. The summed E-state index contributed by atoms with van der Waals surface area (Å²) < 4.78 is 5.24. The predicted molar refractivity (Wildman–Crippen MR) is 114 cm³/mol. The van der Waals surface area contributed by atoms with Gasteiger partial charge in [0.05, 0.1) is 12.2 Å². The second kappa shape index (κ2) is 9.56. The summed E-state index contributed by atoms with van der Waals surface area (Å²) in [4.78, 5) is 5.84. The number of thiophene rings is 1. The van der Waals surface area contributed by atoms with E-state index in [1.165, 1.54) is 37.0 Å². The molecule has 2 N–H and O–H groups in total. The van der Waals surface area contributed by atoms with Crippen LogP contribution >= 0.6 is 35.3 Å². The van der Waals surface area contributed by atoms with Crippen LogP contribution in [0.15, 0.2) is 33.1 Å². The Hall–Kier alpha value is -1.09. The molecule has 0 saturated heterocycles. The zero-order valence-corrected chi connectivity index (χ0v) is 18.0. The molecule has 2 aromatic rings. The Kier molecular flexibility index (Phi) is 7.74. The van der Waals surface area contributed by atoms with E-state index in [0.717, 1.165) is 24.0 Å². The highest BCUT2D eigenvalue weighted by Gasteiger charge is 2.34. The first-order chi connectivity index (χ1) is 11.7. The molecule has 1 saturated carbocycles. The Balaban J connectivity index is 0.00000225. The molecular weight excluding hydrogens is 447 g/mol. The van der Waals surface area contributed by atoms with Crippen molar-refractivity contribution in [2.45, 2.75) is 51.0 Å². The van der Waals surface area contributed by atoms with Gasteiger partial charge in [-0.25, -0.2) is 0 Å². The fraction of sp³-hybridized carbons (Fsp3) is 0.556. The molecule has 0 radical (unpaired) electrons. The molecule has 7 heteroatoms. The van der Waals surface area contributed by atoms with Crippen LogP contribution < -0.4 is 10.6 Å². The summed E-state index contributed by atoms with van der Waals surface area (Å²) in [6.07, 6.45) is 6.47. The van der Waals surface area contributed by atoms with E-state index in [0.29, 0.717) is 6.54 Å². The SMILES string of the molecule is CN=C(NCc1cc(C)no1)NCC1(c2cccs2)CCCCC1.I. The summed E-state index contributed by atoms with van der Waals surface area (Å²) >= 11 is 1.88. The van der Waals surface area contributed by atoms with E-state index < -0.39 is 0 Å². The first kappa shape index (κ1) is 20.2. The predicted octanol–water partition coefficient (Wildman–Crippen LogP) is 4.23. The Bertz CT molecular complexity index is 662. The Morgan fingerprint density at radius 2 is 2.12 bits per heavy atom. The Morgan fingerprint density at radius 1 is 1.32 bits per heavy atom. The van der Waals surface area contributed by atoms with Crippen molar-refractivity contribution < 1.29 is 4.52 Å². The van der Waals surface area contributed by atoms with Crippen LogP contribution in [0.2, 0.25) is 0 Å². The molecule has 2 aromatic heterocycles. The second-order valence-electron chi connectivity index (χ2n) is 6.53. The normalized spacial score (nSPS) is 17.0. The summed E-state index contributed by atoms with van der Waals surface area (Å²) in [6.45, 7) is 3.43. The first-order valence-electron chi connectivity index (χ1n) is 8.62. The van der Waals surface area contributed by atoms with Crippen molar-refractivity contribution in [2.24, 2.45) is 4.99 Å². The molecule has 1 aliphatic rings. The van der Waals surface area contributed by atoms with Crippen molar-refractivity contribution in [2.75, 3.05) is 13.6 Å². The summed E-state index contributed by atoms with van der Waals surface area (Å²) in [7, 11) is 1.81. The van der Waals surface area contributed by atoms with E-state index in [2.05, 4.69) is 38.3 Å². The number of hydrogen-bond acceptors (Lipinski definition) is 4. The number of halogens is 1. The van der Waals surface area contributed by atoms with E-state index in [9.17, 15) is 0 Å². The molecular formula is C18H27IN4OS. The van der Waals surface area contributed by atoms with Crippen LogP contribution in [-0.4, -0.2) is 24.7 Å². The molecule has 0 aromatic carbocycles. The zero-order valence-electron chi connectivity index (χ0n) is 14.9. The summed E-state index contributed by atoms with van der Waals surface area (Å²) in [5.41, 5.74) is 1.14. The standard InChI is InChI=1S/C18H26N4OS.HI/c1-14-11-15(23-22-14)12-20-17(19-2)21-13-18(8-4-3-5-9-18)16-7-6-10-24-16;/h6-7,10-11H,3-5,8-9,12-13H2,1-2H3,(H2,19,20,21);1H. The quantitative estimate of drug-likeness (QED) is 0.387. The number of guanidine groups is 1. The van der Waals surface area contributed by atoms with Gasteiger partial charge in [-0.15, -0.1) is 35.3 Å². The third kappa shape index (κ3) is 5.20. The van der Waals surface area contributed by atoms with E-state index in [-0.39, 0.29) is 29.4 Å². The van der Waals surface area contributed by atoms with Gasteiger partial charge in [-0.3, -0.25) is 4.99 Å². The lowest BCUT2D eigenvalue weighted by Gasteiger charge is -2.37. The fourth-order valence-electron chi connectivity index (χ4n) is 3.46. The van der Waals surface area contributed by atoms with Gasteiger partial charge in [0.25, 0.3) is 0 Å². The lowest BCUT2D eigenvalue weighted by atomic mass is 9.73. The molecule has 25 heavy (non-hydrogen) atoms. The second-order valence-corrected chi connectivity index (χ2v) is 7.48. The molecule has 0 bridgehead atoms. The van der Waals surface area contributed by atoms with Crippen LogP contribution in [0.4, 0.5) is 0 Å². The van der Waals surface area contributed by atoms with Crippen molar-refractivity contribution in [3.63, 3.8) is 0 Å². The number of hydrogen-bond donors (Lipinski definition) is 2. The lowest BCUT2D eigenvalue weighted by molar-refractivity contribution is 0.296. The van der Waals surface area contributed by atoms with E-state index in [1.54, 1.807) is 7.05 Å². The van der Waals surface area contributed by atoms with Gasteiger partial charge in [0.15, 0.2) is 11.7 Å². The van der Waals surface area contributed by atoms with Crippen molar-refractivity contribution in [3.05, 3.63) is 39.9 Å². The molecule has 5 nitrogen and oxygen atoms in total. The minimum Gasteiger partial charge on any atom is -0.359 e. The molecule has 0 amide bonds. The number of aromatic nitrogens is 1. The van der Waals surface area contributed by atoms with Crippen LogP contribution in [0.5, 0.6) is 0 Å². The van der Waals surface area contributed by atoms with Gasteiger partial charge in [0.1, 0.15) is 0 Å². The number of aryl methyl sites for hydroxylation is 1. The lowest BCUT2D eigenvalue weighted by Crippen LogP contribution is -2.46. The maximum Gasteiger partial charge on any atom is 0.191 e. The first-order valence-corrected chi connectivity index (χ1v) is 9.50. The largest absolute Gasteiger partial charge is 0.359 e. The highest BCUT2D eigenvalue weighted by atomic mass is 127. The molecule has 0 atom stereocenters. The van der Waals surface area contributed by atoms with Crippen molar-refractivity contribution in [1.29, 1.82) is 0 Å². The molecule has 0 spiro atoms. The van der Waals surface area contributed by atoms with Crippen molar-refractivity contribution in [1.82, 2.24) is 15.8 Å². The third-order valence-corrected chi connectivity index (χ3v) is 5.90. The van der Waals surface area contributed by atoms with E-state index >= 15 is 0 Å². The number of nitrogens with zero attached hydrogens (tertiary/aromatic N) is 2. The van der Waals surface area contributed by atoms with Crippen molar-refractivity contribution >= 4 is 41.3 Å². The maximum atomic E-state index is 5.24. The average Bonchev–Trinajstić information content (AvgIpc) is 3.28. The molecule has 0 aliphatic heterocycles. The fourth-order valence-corrected chi connectivity index (χ4v) is 4.45. The highest BCUT2D eigenvalue weighted by molar-refractivity contribution is 14.0. The summed E-state index contributed by atoms with van der Waals surface area (Å²) in [5.74, 6) is 1.63. The minimum absolute atomic E-state index is 0. The number of aliphatic imine (C=N–C) groups is 1. The van der Waals surface area contributed by atoms with Crippen LogP contribution in [0, 0.1) is 6.92 Å². The molecule has 1 aliphatic carbocycles. The smallest absolute Gasteiger partial charge is 0.191 e. The summed E-state index contributed by atoms with van der Waals surface area (Å²) in [6, 6.07) is 6.38. The van der Waals surface area contributed by atoms with E-state index in [1.807, 2.05) is 24.3 Å². The van der Waals surface area contributed by atoms with Gasteiger partial charge in [-0.05, 0) is 31.2 Å². The van der Waals surface area contributed by atoms with Gasteiger partial charge in [0, 0.05) is 30.0 Å². The highest BCUT2D eigenvalue weighted by Crippen LogP contribution is 2.41. The average molecular weight is 474 g/mol. The zero-order chi connectivity index (χ0) is 16.8. The third-order valence-electron chi connectivity index (χ3n) is 4.78. The molecule has 138 valence electrons. The number of rotatable bonds is 5.